The predicted molar refractivity (Wildman–Crippen MR) is 258 cm³/mol. The van der Waals surface area contributed by atoms with Crippen molar-refractivity contribution < 1.29 is 9.47 Å². The van der Waals surface area contributed by atoms with Crippen LogP contribution in [0.5, 0.6) is 0 Å². The van der Waals surface area contributed by atoms with Gasteiger partial charge in [-0.1, -0.05) is 234 Å². The Kier molecular flexibility index (Phi) is 36.4. The number of nitrogens with one attached hydrogen (secondary N) is 1. The van der Waals surface area contributed by atoms with Gasteiger partial charge in [-0.15, -0.1) is 0 Å². The molecule has 0 fully saturated rings. The van der Waals surface area contributed by atoms with Crippen LogP contribution in [0.25, 0.3) is 0 Å². The van der Waals surface area contributed by atoms with E-state index in [4.69, 9.17) is 9.47 Å². The molecule has 0 atom stereocenters. The van der Waals surface area contributed by atoms with E-state index < -0.39 is 0 Å². The van der Waals surface area contributed by atoms with Gasteiger partial charge in [0.05, 0.1) is 17.8 Å². The first-order valence-electron chi connectivity index (χ1n) is 26.1. The summed E-state index contributed by atoms with van der Waals surface area (Å²) in [6.45, 7) is 25.3. The first-order chi connectivity index (χ1) is 27.2. The zero-order valence-electron chi connectivity index (χ0n) is 41.8. The van der Waals surface area contributed by atoms with E-state index in [1.54, 1.807) is 7.11 Å². The zero-order valence-corrected chi connectivity index (χ0v) is 41.8. The van der Waals surface area contributed by atoms with Crippen LogP contribution in [0, 0.1) is 10.8 Å². The van der Waals surface area contributed by atoms with E-state index in [2.05, 4.69) is 74.6 Å². The molecule has 0 aromatic heterocycles. The molecule has 1 N–H and O–H groups in total. The van der Waals surface area contributed by atoms with Crippen LogP contribution in [0.4, 0.5) is 0 Å². The lowest BCUT2D eigenvalue weighted by Gasteiger charge is -2.38. The van der Waals surface area contributed by atoms with Crippen LogP contribution in [0.1, 0.15) is 300 Å². The van der Waals surface area contributed by atoms with Gasteiger partial charge in [0, 0.05) is 19.7 Å². The van der Waals surface area contributed by atoms with Crippen molar-refractivity contribution in [2.24, 2.45) is 10.8 Å². The van der Waals surface area contributed by atoms with Gasteiger partial charge >= 0.3 is 0 Å². The molecule has 0 aromatic carbocycles. The van der Waals surface area contributed by atoms with Gasteiger partial charge in [-0.3, -0.25) is 0 Å². The number of unbranched alkanes of at least 4 members (excludes halogenated alkanes) is 28. The Morgan fingerprint density at radius 2 is 0.719 bits per heavy atom. The van der Waals surface area contributed by atoms with Crippen molar-refractivity contribution in [3.8, 4) is 0 Å². The summed E-state index contributed by atoms with van der Waals surface area (Å²) in [5.74, 6) is 0. The van der Waals surface area contributed by atoms with Gasteiger partial charge in [0.1, 0.15) is 0 Å². The number of ether oxygens (including phenoxy) is 2. The third kappa shape index (κ3) is 39.8. The van der Waals surface area contributed by atoms with Crippen LogP contribution in [-0.2, 0) is 9.47 Å². The summed E-state index contributed by atoms with van der Waals surface area (Å²) in [4.78, 5) is 0. The first-order valence-corrected chi connectivity index (χ1v) is 26.1. The largest absolute Gasteiger partial charge is 0.379 e. The van der Waals surface area contributed by atoms with Gasteiger partial charge in [0.25, 0.3) is 0 Å². The lowest BCUT2D eigenvalue weighted by atomic mass is 9.71. The molecule has 0 aliphatic heterocycles. The third-order valence-electron chi connectivity index (χ3n) is 13.3. The maximum atomic E-state index is 6.39. The highest BCUT2D eigenvalue weighted by atomic mass is 16.5. The summed E-state index contributed by atoms with van der Waals surface area (Å²) >= 11 is 0. The average molecular weight is 806 g/mol. The third-order valence-corrected chi connectivity index (χ3v) is 13.3. The highest BCUT2D eigenvalue weighted by molar-refractivity contribution is 4.85. The van der Waals surface area contributed by atoms with Crippen molar-refractivity contribution in [3.05, 3.63) is 0 Å². The molecule has 3 nitrogen and oxygen atoms in total. The molecular formula is C54H111NO2. The van der Waals surface area contributed by atoms with Crippen molar-refractivity contribution >= 4 is 0 Å². The highest BCUT2D eigenvalue weighted by Gasteiger charge is 2.32. The molecule has 0 aromatic rings. The molecule has 0 aliphatic rings. The maximum Gasteiger partial charge on any atom is 0.0644 e. The molecular weight excluding hydrogens is 695 g/mol. The van der Waals surface area contributed by atoms with Gasteiger partial charge in [0.2, 0.25) is 0 Å². The molecule has 57 heavy (non-hydrogen) atoms. The van der Waals surface area contributed by atoms with Crippen molar-refractivity contribution in [1.29, 1.82) is 0 Å². The Labute approximate surface area is 362 Å². The minimum Gasteiger partial charge on any atom is -0.379 e. The van der Waals surface area contributed by atoms with E-state index in [0.29, 0.717) is 6.04 Å². The van der Waals surface area contributed by atoms with Crippen LogP contribution in [0.3, 0.4) is 0 Å². The van der Waals surface area contributed by atoms with E-state index in [9.17, 15) is 0 Å². The van der Waals surface area contributed by atoms with Gasteiger partial charge in [-0.25, -0.2) is 0 Å². The molecule has 0 bridgehead atoms. The van der Waals surface area contributed by atoms with E-state index in [1.165, 1.54) is 218 Å². The number of methoxy groups -OCH3 is 1. The second-order valence-electron chi connectivity index (χ2n) is 21.9. The van der Waals surface area contributed by atoms with E-state index in [0.717, 1.165) is 26.0 Å². The van der Waals surface area contributed by atoms with Gasteiger partial charge in [-0.05, 0) is 77.0 Å². The summed E-state index contributed by atoms with van der Waals surface area (Å²) < 4.78 is 12.0. The molecule has 0 saturated heterocycles. The van der Waals surface area contributed by atoms with Crippen LogP contribution in [0.2, 0.25) is 0 Å². The standard InChI is InChI=1S/C54H111NO2/c1-12-14-16-18-20-22-24-26-28-30-32-34-36-38-40-42-50(43-41-39-37-35-33-31-29-27-25-23-21-19-17-15-13-2)55-49-52(5,6)48-51(3,4)44-45-54(9,10)57-47-46-53(7,8)56-11/h50,55H,12-49H2,1-11H3. The van der Waals surface area contributed by atoms with Crippen LogP contribution >= 0.6 is 0 Å². The smallest absolute Gasteiger partial charge is 0.0644 e. The molecule has 0 aliphatic carbocycles. The zero-order chi connectivity index (χ0) is 42.6. The Hall–Kier alpha value is -0.120. The molecule has 0 heterocycles. The van der Waals surface area contributed by atoms with Crippen molar-refractivity contribution in [2.75, 3.05) is 20.3 Å². The van der Waals surface area contributed by atoms with Crippen molar-refractivity contribution in [1.82, 2.24) is 5.32 Å². The Morgan fingerprint density at radius 1 is 0.386 bits per heavy atom. The second-order valence-corrected chi connectivity index (χ2v) is 21.9. The fourth-order valence-electron chi connectivity index (χ4n) is 9.13. The van der Waals surface area contributed by atoms with Crippen LogP contribution in [-0.4, -0.2) is 37.5 Å². The quantitative estimate of drug-likeness (QED) is 0.0622. The van der Waals surface area contributed by atoms with Gasteiger partial charge < -0.3 is 14.8 Å². The van der Waals surface area contributed by atoms with Crippen LogP contribution in [0.15, 0.2) is 0 Å². The minimum absolute atomic E-state index is 0.102. The molecule has 0 spiro atoms. The van der Waals surface area contributed by atoms with Crippen molar-refractivity contribution in [2.45, 2.75) is 318 Å². The number of hydrogen-bond acceptors (Lipinski definition) is 3. The fourth-order valence-corrected chi connectivity index (χ4v) is 9.13. The summed E-state index contributed by atoms with van der Waals surface area (Å²) in [5, 5.41) is 4.17. The Bertz CT molecular complexity index is 798. The second kappa shape index (κ2) is 36.5. The highest BCUT2D eigenvalue weighted by Crippen LogP contribution is 2.39. The Morgan fingerprint density at radius 3 is 1.05 bits per heavy atom. The van der Waals surface area contributed by atoms with E-state index >= 15 is 0 Å². The minimum atomic E-state index is -0.122. The average Bonchev–Trinajstić information content (AvgIpc) is 3.15. The lowest BCUT2D eigenvalue weighted by molar-refractivity contribution is -0.0658. The predicted octanol–water partition coefficient (Wildman–Crippen LogP) is 18.3. The van der Waals surface area contributed by atoms with Crippen molar-refractivity contribution in [3.63, 3.8) is 0 Å². The molecule has 344 valence electrons. The fraction of sp³-hybridized carbons (Fsp3) is 1.00. The maximum absolute atomic E-state index is 6.39. The molecule has 0 saturated carbocycles. The molecule has 0 unspecified atom stereocenters. The normalized spacial score (nSPS) is 13.1. The molecule has 0 amide bonds. The Balaban J connectivity index is 4.60. The molecule has 0 rings (SSSR count). The summed E-state index contributed by atoms with van der Waals surface area (Å²) in [6, 6.07) is 0.681. The molecule has 3 heteroatoms. The van der Waals surface area contributed by atoms with Crippen LogP contribution < -0.4 is 5.32 Å². The lowest BCUT2D eigenvalue weighted by Crippen LogP contribution is -2.39. The van der Waals surface area contributed by atoms with Gasteiger partial charge in [-0.2, -0.15) is 0 Å². The first kappa shape index (κ1) is 56.9. The van der Waals surface area contributed by atoms with E-state index in [1.807, 2.05) is 0 Å². The number of hydrogen-bond donors (Lipinski definition) is 1. The summed E-state index contributed by atoms with van der Waals surface area (Å²) in [5.41, 5.74) is 0.340. The number of rotatable bonds is 45. The SMILES string of the molecule is CCCCCCCCCCCCCCCCCC(CCCCCCCCCCCCCCCCC)NCC(C)(C)CC(C)(C)CCC(C)(C)OCCC(C)(C)OC. The van der Waals surface area contributed by atoms with E-state index in [-0.39, 0.29) is 22.0 Å². The monoisotopic (exact) mass is 806 g/mol. The topological polar surface area (TPSA) is 30.5 Å². The summed E-state index contributed by atoms with van der Waals surface area (Å²) in [7, 11) is 1.80. The van der Waals surface area contributed by atoms with Gasteiger partial charge in [0.15, 0.2) is 0 Å². The summed E-state index contributed by atoms with van der Waals surface area (Å²) in [6.07, 6.45) is 50.5. The molecule has 0 radical (unpaired) electrons.